The Morgan fingerprint density at radius 2 is 2.18 bits per heavy atom. The van der Waals surface area contributed by atoms with Crippen LogP contribution in [0.4, 0.5) is 0 Å². The predicted octanol–water partition coefficient (Wildman–Crippen LogP) is 2.82. The summed E-state index contributed by atoms with van der Waals surface area (Å²) in [5.41, 5.74) is 0.732. The first-order valence-electron chi connectivity index (χ1n) is 7.92. The van der Waals surface area contributed by atoms with Crippen LogP contribution in [-0.4, -0.2) is 54.7 Å². The van der Waals surface area contributed by atoms with Crippen molar-refractivity contribution in [2.45, 2.75) is 31.4 Å². The largest absolute Gasteiger partial charge is 0.497 e. The summed E-state index contributed by atoms with van der Waals surface area (Å²) < 4.78 is 10.9. The van der Waals surface area contributed by atoms with Crippen molar-refractivity contribution in [3.8, 4) is 5.75 Å². The van der Waals surface area contributed by atoms with Gasteiger partial charge in [-0.3, -0.25) is 4.79 Å². The molecule has 0 aliphatic carbocycles. The third-order valence-electron chi connectivity index (χ3n) is 4.37. The number of carbonyl (C=O) groups is 1. The Morgan fingerprint density at radius 1 is 1.36 bits per heavy atom. The monoisotopic (exact) mass is 321 g/mol. The average Bonchev–Trinajstić information content (AvgIpc) is 3.25. The summed E-state index contributed by atoms with van der Waals surface area (Å²) in [4.78, 5) is 15.0. The van der Waals surface area contributed by atoms with E-state index in [1.165, 1.54) is 0 Å². The van der Waals surface area contributed by atoms with E-state index in [1.807, 2.05) is 40.9 Å². The van der Waals surface area contributed by atoms with Gasteiger partial charge < -0.3 is 14.4 Å². The molecule has 2 aliphatic rings. The Bertz CT molecular complexity index is 493. The minimum Gasteiger partial charge on any atom is -0.497 e. The van der Waals surface area contributed by atoms with Gasteiger partial charge in [0.2, 0.25) is 0 Å². The van der Waals surface area contributed by atoms with Gasteiger partial charge in [0, 0.05) is 30.5 Å². The highest BCUT2D eigenvalue weighted by Gasteiger charge is 2.31. The summed E-state index contributed by atoms with van der Waals surface area (Å²) in [5, 5.41) is 0. The zero-order valence-electron chi connectivity index (χ0n) is 13.0. The van der Waals surface area contributed by atoms with E-state index in [4.69, 9.17) is 9.47 Å². The van der Waals surface area contributed by atoms with E-state index in [0.29, 0.717) is 6.04 Å². The molecule has 0 aromatic heterocycles. The smallest absolute Gasteiger partial charge is 0.254 e. The molecule has 0 spiro atoms. The van der Waals surface area contributed by atoms with Gasteiger partial charge >= 0.3 is 0 Å². The lowest BCUT2D eigenvalue weighted by Crippen LogP contribution is -2.44. The predicted molar refractivity (Wildman–Crippen MR) is 88.7 cm³/mol. The summed E-state index contributed by atoms with van der Waals surface area (Å²) >= 11 is 1.93. The molecular formula is C17H23NO3S. The number of benzene rings is 1. The van der Waals surface area contributed by atoms with Crippen molar-refractivity contribution in [1.29, 1.82) is 0 Å². The van der Waals surface area contributed by atoms with E-state index in [1.54, 1.807) is 7.11 Å². The summed E-state index contributed by atoms with van der Waals surface area (Å²) in [7, 11) is 1.64. The molecule has 0 radical (unpaired) electrons. The van der Waals surface area contributed by atoms with Crippen LogP contribution in [-0.2, 0) is 4.74 Å². The fourth-order valence-corrected chi connectivity index (χ4v) is 4.30. The Labute approximate surface area is 136 Å². The third kappa shape index (κ3) is 3.58. The van der Waals surface area contributed by atoms with E-state index in [0.717, 1.165) is 55.2 Å². The molecule has 5 heteroatoms. The van der Waals surface area contributed by atoms with E-state index in [2.05, 4.69) is 0 Å². The summed E-state index contributed by atoms with van der Waals surface area (Å²) in [5.74, 6) is 3.07. The molecule has 2 aliphatic heterocycles. The number of nitrogens with zero attached hydrogens (tertiary/aromatic N) is 1. The Balaban J connectivity index is 1.74. The second kappa shape index (κ2) is 7.38. The number of rotatable bonds is 5. The molecule has 0 saturated carbocycles. The Hall–Kier alpha value is -1.20. The van der Waals surface area contributed by atoms with Crippen LogP contribution in [0.1, 0.15) is 29.6 Å². The molecule has 1 aromatic carbocycles. The van der Waals surface area contributed by atoms with Gasteiger partial charge in [-0.05, 0) is 49.3 Å². The molecule has 2 fully saturated rings. The van der Waals surface area contributed by atoms with Gasteiger partial charge in [-0.2, -0.15) is 11.8 Å². The maximum atomic E-state index is 12.9. The maximum absolute atomic E-state index is 12.9. The van der Waals surface area contributed by atoms with E-state index >= 15 is 0 Å². The number of carbonyl (C=O) groups excluding carboxylic acids is 1. The Morgan fingerprint density at radius 3 is 2.77 bits per heavy atom. The number of amides is 1. The lowest BCUT2D eigenvalue weighted by atomic mass is 10.1. The normalized spacial score (nSPS) is 24.4. The Kier molecular flexibility index (Phi) is 5.26. The van der Waals surface area contributed by atoms with Crippen molar-refractivity contribution in [2.24, 2.45) is 0 Å². The molecule has 3 rings (SSSR count). The summed E-state index contributed by atoms with van der Waals surface area (Å²) in [6, 6.07) is 7.74. The van der Waals surface area contributed by atoms with Gasteiger partial charge in [0.05, 0.1) is 13.2 Å². The van der Waals surface area contributed by atoms with Crippen LogP contribution < -0.4 is 4.74 Å². The topological polar surface area (TPSA) is 38.8 Å². The molecule has 2 saturated heterocycles. The highest BCUT2D eigenvalue weighted by Crippen LogP contribution is 2.26. The van der Waals surface area contributed by atoms with Crippen LogP contribution in [0.3, 0.4) is 0 Å². The van der Waals surface area contributed by atoms with Crippen LogP contribution in [0, 0.1) is 0 Å². The van der Waals surface area contributed by atoms with E-state index < -0.39 is 0 Å². The molecule has 0 N–H and O–H groups in total. The fourth-order valence-electron chi connectivity index (χ4n) is 3.07. The molecule has 2 heterocycles. The van der Waals surface area contributed by atoms with Crippen molar-refractivity contribution in [2.75, 3.05) is 31.8 Å². The first-order valence-corrected chi connectivity index (χ1v) is 9.08. The van der Waals surface area contributed by atoms with E-state index in [9.17, 15) is 4.79 Å². The van der Waals surface area contributed by atoms with Crippen molar-refractivity contribution in [3.63, 3.8) is 0 Å². The molecule has 0 bridgehead atoms. The molecule has 0 unspecified atom stereocenters. The van der Waals surface area contributed by atoms with E-state index in [-0.39, 0.29) is 12.0 Å². The number of ether oxygens (including phenoxy) is 2. The first-order chi connectivity index (χ1) is 10.8. The van der Waals surface area contributed by atoms with Gasteiger partial charge in [0.1, 0.15) is 5.75 Å². The number of methoxy groups -OCH3 is 1. The SMILES string of the molecule is COc1ccc(C(=O)N(C[C@@H]2CCCO2)[C@@H]2CCSC2)cc1. The maximum Gasteiger partial charge on any atom is 0.254 e. The lowest BCUT2D eigenvalue weighted by molar-refractivity contribution is 0.0442. The molecule has 1 amide bonds. The van der Waals surface area contributed by atoms with Crippen LogP contribution >= 0.6 is 11.8 Å². The molecule has 120 valence electrons. The zero-order chi connectivity index (χ0) is 15.4. The van der Waals surface area contributed by atoms with Gasteiger partial charge in [0.25, 0.3) is 5.91 Å². The van der Waals surface area contributed by atoms with Gasteiger partial charge in [0.15, 0.2) is 0 Å². The third-order valence-corrected chi connectivity index (χ3v) is 5.51. The summed E-state index contributed by atoms with van der Waals surface area (Å²) in [6.07, 6.45) is 3.45. The molecule has 2 atom stereocenters. The second-order valence-corrected chi connectivity index (χ2v) is 6.99. The van der Waals surface area contributed by atoms with Crippen molar-refractivity contribution in [1.82, 2.24) is 4.90 Å². The zero-order valence-corrected chi connectivity index (χ0v) is 13.8. The van der Waals surface area contributed by atoms with Gasteiger partial charge in [-0.15, -0.1) is 0 Å². The lowest BCUT2D eigenvalue weighted by Gasteiger charge is -2.31. The standard InChI is InChI=1S/C17H23NO3S/c1-20-15-6-4-13(5-7-15)17(19)18(14-8-10-22-12-14)11-16-3-2-9-21-16/h4-7,14,16H,2-3,8-12H2,1H3/t14-,16+/m1/s1. The highest BCUT2D eigenvalue weighted by molar-refractivity contribution is 7.99. The quantitative estimate of drug-likeness (QED) is 0.836. The van der Waals surface area contributed by atoms with Gasteiger partial charge in [-0.1, -0.05) is 0 Å². The molecule has 1 aromatic rings. The minimum absolute atomic E-state index is 0.116. The minimum atomic E-state index is 0.116. The number of hydrogen-bond acceptors (Lipinski definition) is 4. The number of hydrogen-bond donors (Lipinski definition) is 0. The van der Waals surface area contributed by atoms with Crippen molar-refractivity contribution in [3.05, 3.63) is 29.8 Å². The molecule has 4 nitrogen and oxygen atoms in total. The highest BCUT2D eigenvalue weighted by atomic mass is 32.2. The van der Waals surface area contributed by atoms with Crippen LogP contribution in [0.5, 0.6) is 5.75 Å². The van der Waals surface area contributed by atoms with Crippen LogP contribution in [0.15, 0.2) is 24.3 Å². The van der Waals surface area contributed by atoms with Crippen molar-refractivity contribution >= 4 is 17.7 Å². The number of thioether (sulfide) groups is 1. The van der Waals surface area contributed by atoms with Crippen LogP contribution in [0.25, 0.3) is 0 Å². The molecular weight excluding hydrogens is 298 g/mol. The molecule has 22 heavy (non-hydrogen) atoms. The first kappa shape index (κ1) is 15.7. The van der Waals surface area contributed by atoms with Crippen molar-refractivity contribution < 1.29 is 14.3 Å². The van der Waals surface area contributed by atoms with Crippen LogP contribution in [0.2, 0.25) is 0 Å². The second-order valence-electron chi connectivity index (χ2n) is 5.84. The summed E-state index contributed by atoms with van der Waals surface area (Å²) in [6.45, 7) is 1.55. The average molecular weight is 321 g/mol. The fraction of sp³-hybridized carbons (Fsp3) is 0.588. The van der Waals surface area contributed by atoms with Gasteiger partial charge in [-0.25, -0.2) is 0 Å².